The van der Waals surface area contributed by atoms with Crippen LogP contribution in [0.15, 0.2) is 30.3 Å². The molecule has 3 N–H and O–H groups in total. The summed E-state index contributed by atoms with van der Waals surface area (Å²) in [6, 6.07) is 9.23. The molecular formula is C24H33N5O3S. The Labute approximate surface area is 195 Å². The van der Waals surface area contributed by atoms with E-state index >= 15 is 0 Å². The predicted octanol–water partition coefficient (Wildman–Crippen LogP) is 2.98. The number of anilines is 1. The van der Waals surface area contributed by atoms with Crippen LogP contribution in [-0.4, -0.2) is 43.2 Å². The van der Waals surface area contributed by atoms with Crippen LogP contribution in [-0.2, 0) is 46.3 Å². The van der Waals surface area contributed by atoms with Crippen LogP contribution in [0.5, 0.6) is 0 Å². The molecule has 0 saturated carbocycles. The van der Waals surface area contributed by atoms with Crippen molar-refractivity contribution in [2.45, 2.75) is 57.2 Å². The lowest BCUT2D eigenvalue weighted by molar-refractivity contribution is 0.199. The molecule has 0 spiro atoms. The quantitative estimate of drug-likeness (QED) is 0.416. The zero-order valence-electron chi connectivity index (χ0n) is 19.2. The molecule has 9 heteroatoms. The van der Waals surface area contributed by atoms with Gasteiger partial charge in [0.2, 0.25) is 10.0 Å². The molecule has 4 rings (SSSR count). The summed E-state index contributed by atoms with van der Waals surface area (Å²) in [6.45, 7) is 1.75. The van der Waals surface area contributed by atoms with Gasteiger partial charge in [0, 0.05) is 32.3 Å². The Balaban J connectivity index is 1.44. The van der Waals surface area contributed by atoms with Crippen LogP contribution in [0.2, 0.25) is 0 Å². The Morgan fingerprint density at radius 1 is 1.12 bits per heavy atom. The van der Waals surface area contributed by atoms with Gasteiger partial charge >= 0.3 is 0 Å². The van der Waals surface area contributed by atoms with Gasteiger partial charge in [-0.25, -0.2) is 23.1 Å². The smallest absolute Gasteiger partial charge is 0.215 e. The van der Waals surface area contributed by atoms with Crippen molar-refractivity contribution in [1.82, 2.24) is 19.3 Å². The summed E-state index contributed by atoms with van der Waals surface area (Å²) < 4.78 is 35.0. The summed E-state index contributed by atoms with van der Waals surface area (Å²) in [7, 11) is -1.67. The first-order chi connectivity index (χ1) is 16.0. The van der Waals surface area contributed by atoms with E-state index in [2.05, 4.69) is 14.3 Å². The monoisotopic (exact) mass is 471 g/mol. The van der Waals surface area contributed by atoms with Gasteiger partial charge in [0.1, 0.15) is 11.3 Å². The van der Waals surface area contributed by atoms with Gasteiger partial charge in [-0.15, -0.1) is 0 Å². The zero-order valence-corrected chi connectivity index (χ0v) is 20.0. The predicted molar refractivity (Wildman–Crippen MR) is 130 cm³/mol. The number of nitrogens with two attached hydrogens (primary N) is 1. The van der Waals surface area contributed by atoms with Crippen molar-refractivity contribution >= 4 is 26.9 Å². The average molecular weight is 472 g/mol. The first-order valence-corrected chi connectivity index (χ1v) is 13.3. The van der Waals surface area contributed by atoms with Crippen molar-refractivity contribution in [2.24, 2.45) is 0 Å². The maximum atomic E-state index is 12.4. The molecule has 0 radical (unpaired) electrons. The molecule has 0 aliphatic heterocycles. The van der Waals surface area contributed by atoms with Crippen LogP contribution in [0.3, 0.4) is 0 Å². The minimum absolute atomic E-state index is 0.000419. The van der Waals surface area contributed by atoms with Crippen molar-refractivity contribution in [3.05, 3.63) is 53.0 Å². The molecule has 0 fully saturated rings. The number of rotatable bonds is 11. The first-order valence-electron chi connectivity index (χ1n) is 11.6. The number of aryl methyl sites for hydroxylation is 3. The summed E-state index contributed by atoms with van der Waals surface area (Å²) in [6.07, 6.45) is 6.50. The second-order valence-electron chi connectivity index (χ2n) is 8.60. The highest BCUT2D eigenvalue weighted by molar-refractivity contribution is 7.88. The standard InChI is InChI=1S/C24H33N5O3S/c1-32-16-13-21-28-22-23(19-11-5-6-12-20(19)27-24(22)25)29(21)15-8-7-14-26-33(30,31)17-18-9-3-2-4-10-18/h2-4,9-10,26H,5-8,11-17H2,1H3,(H2,25,27). The van der Waals surface area contributed by atoms with Crippen LogP contribution in [0.4, 0.5) is 5.82 Å². The van der Waals surface area contributed by atoms with Crippen molar-refractivity contribution in [1.29, 1.82) is 0 Å². The summed E-state index contributed by atoms with van der Waals surface area (Å²) in [5.74, 6) is 1.44. The minimum Gasteiger partial charge on any atom is -0.384 e. The van der Waals surface area contributed by atoms with Gasteiger partial charge < -0.3 is 15.0 Å². The van der Waals surface area contributed by atoms with Gasteiger partial charge in [0.05, 0.1) is 17.9 Å². The SMILES string of the molecule is COCCc1nc2c(N)nc3c(c2n1CCCCNS(=O)(=O)Cc1ccccc1)CCCC3. The van der Waals surface area contributed by atoms with E-state index in [1.54, 1.807) is 7.11 Å². The lowest BCUT2D eigenvalue weighted by Crippen LogP contribution is -2.26. The topological polar surface area (TPSA) is 112 Å². The molecule has 0 amide bonds. The molecular weight excluding hydrogens is 438 g/mol. The lowest BCUT2D eigenvalue weighted by atomic mass is 9.95. The van der Waals surface area contributed by atoms with Crippen LogP contribution >= 0.6 is 0 Å². The highest BCUT2D eigenvalue weighted by Crippen LogP contribution is 2.31. The molecule has 1 aliphatic rings. The third-order valence-electron chi connectivity index (χ3n) is 6.13. The molecule has 2 aromatic heterocycles. The fraction of sp³-hybridized carbons (Fsp3) is 0.500. The second kappa shape index (κ2) is 10.6. The Morgan fingerprint density at radius 2 is 1.91 bits per heavy atom. The van der Waals surface area contributed by atoms with Crippen molar-refractivity contribution in [3.63, 3.8) is 0 Å². The number of ether oxygens (including phenoxy) is 1. The normalized spacial score (nSPS) is 14.0. The number of hydrogen-bond acceptors (Lipinski definition) is 6. The number of imidazole rings is 1. The molecule has 1 aromatic carbocycles. The number of pyridine rings is 1. The molecule has 0 saturated heterocycles. The molecule has 1 aliphatic carbocycles. The van der Waals surface area contributed by atoms with Gasteiger partial charge in [-0.2, -0.15) is 0 Å². The van der Waals surface area contributed by atoms with Crippen molar-refractivity contribution in [3.8, 4) is 0 Å². The maximum Gasteiger partial charge on any atom is 0.215 e. The fourth-order valence-corrected chi connectivity index (χ4v) is 5.73. The molecule has 0 atom stereocenters. The number of nitrogen functional groups attached to an aromatic ring is 1. The number of methoxy groups -OCH3 is 1. The summed E-state index contributed by atoms with van der Waals surface area (Å²) in [5, 5.41) is 0. The molecule has 0 unspecified atom stereocenters. The van der Waals surface area contributed by atoms with E-state index in [1.807, 2.05) is 30.3 Å². The third kappa shape index (κ3) is 5.72. The van der Waals surface area contributed by atoms with E-state index in [9.17, 15) is 8.42 Å². The van der Waals surface area contributed by atoms with E-state index in [0.29, 0.717) is 25.4 Å². The number of aromatic nitrogens is 3. The average Bonchev–Trinajstić information content (AvgIpc) is 3.17. The first kappa shape index (κ1) is 23.7. The van der Waals surface area contributed by atoms with Crippen LogP contribution in [0.25, 0.3) is 11.0 Å². The van der Waals surface area contributed by atoms with Crippen LogP contribution in [0, 0.1) is 0 Å². The number of nitrogens with zero attached hydrogens (tertiary/aromatic N) is 3. The van der Waals surface area contributed by atoms with Crippen LogP contribution in [0.1, 0.15) is 48.3 Å². The second-order valence-corrected chi connectivity index (χ2v) is 10.4. The minimum atomic E-state index is -3.35. The van der Waals surface area contributed by atoms with Gasteiger partial charge in [-0.05, 0) is 49.7 Å². The van der Waals surface area contributed by atoms with E-state index in [4.69, 9.17) is 15.5 Å². The Hall–Kier alpha value is -2.49. The summed E-state index contributed by atoms with van der Waals surface area (Å²) >= 11 is 0. The molecule has 0 bridgehead atoms. The van der Waals surface area contributed by atoms with Gasteiger partial charge in [0.25, 0.3) is 0 Å². The third-order valence-corrected chi connectivity index (χ3v) is 7.49. The van der Waals surface area contributed by atoms with E-state index in [0.717, 1.165) is 73.2 Å². The Kier molecular flexibility index (Phi) is 7.62. The highest BCUT2D eigenvalue weighted by atomic mass is 32.2. The van der Waals surface area contributed by atoms with Gasteiger partial charge in [0.15, 0.2) is 5.82 Å². The summed E-state index contributed by atoms with van der Waals surface area (Å²) in [5.41, 5.74) is 11.3. The van der Waals surface area contributed by atoms with E-state index in [1.165, 1.54) is 5.56 Å². The van der Waals surface area contributed by atoms with E-state index in [-0.39, 0.29) is 5.75 Å². The number of hydrogen-bond donors (Lipinski definition) is 2. The lowest BCUT2D eigenvalue weighted by Gasteiger charge is -2.18. The largest absolute Gasteiger partial charge is 0.384 e. The molecule has 33 heavy (non-hydrogen) atoms. The van der Waals surface area contributed by atoms with Gasteiger partial charge in [-0.1, -0.05) is 30.3 Å². The number of sulfonamides is 1. The van der Waals surface area contributed by atoms with Crippen molar-refractivity contribution < 1.29 is 13.2 Å². The molecule has 178 valence electrons. The Morgan fingerprint density at radius 3 is 2.70 bits per heavy atom. The number of nitrogens with one attached hydrogen (secondary N) is 1. The molecule has 2 heterocycles. The number of benzene rings is 1. The van der Waals surface area contributed by atoms with Crippen molar-refractivity contribution in [2.75, 3.05) is 26.0 Å². The number of unbranched alkanes of at least 4 members (excludes halogenated alkanes) is 1. The Bertz CT molecular complexity index is 1190. The van der Waals surface area contributed by atoms with E-state index < -0.39 is 10.0 Å². The van der Waals surface area contributed by atoms with Gasteiger partial charge in [-0.3, -0.25) is 0 Å². The summed E-state index contributed by atoms with van der Waals surface area (Å²) in [4.78, 5) is 9.47. The molecule has 8 nitrogen and oxygen atoms in total. The fourth-order valence-electron chi connectivity index (χ4n) is 4.54. The maximum absolute atomic E-state index is 12.4. The van der Waals surface area contributed by atoms with Crippen LogP contribution < -0.4 is 10.5 Å². The molecule has 3 aromatic rings. The zero-order chi connectivity index (χ0) is 23.3. The number of fused-ring (bicyclic) bond motifs is 3. The highest BCUT2D eigenvalue weighted by Gasteiger charge is 2.22.